The summed E-state index contributed by atoms with van der Waals surface area (Å²) in [4.78, 5) is 19.7. The Bertz CT molecular complexity index is 376. The minimum Gasteiger partial charge on any atom is -0.320 e. The van der Waals surface area contributed by atoms with E-state index in [1.165, 1.54) is 51.4 Å². The second-order valence-electron chi connectivity index (χ2n) is 7.15. The highest BCUT2D eigenvalue weighted by molar-refractivity contribution is 5.77. The zero-order valence-electron chi connectivity index (χ0n) is 12.5. The minimum atomic E-state index is 0.343. The smallest absolute Gasteiger partial charge is 0.320 e. The van der Waals surface area contributed by atoms with Crippen LogP contribution in [-0.4, -0.2) is 65.0 Å². The molecule has 2 aliphatic heterocycles. The van der Waals surface area contributed by atoms with Gasteiger partial charge >= 0.3 is 6.03 Å². The van der Waals surface area contributed by atoms with E-state index in [2.05, 4.69) is 14.7 Å². The Labute approximate surface area is 122 Å². The molecule has 2 saturated heterocycles. The third-order valence-electron chi connectivity index (χ3n) is 6.02. The van der Waals surface area contributed by atoms with Crippen LogP contribution < -0.4 is 0 Å². The molecule has 0 aromatic heterocycles. The first-order valence-electron chi connectivity index (χ1n) is 8.64. The van der Waals surface area contributed by atoms with Crippen LogP contribution in [0.5, 0.6) is 0 Å². The van der Waals surface area contributed by atoms with E-state index >= 15 is 0 Å². The number of amides is 2. The number of rotatable bonds is 2. The Kier molecular flexibility index (Phi) is 3.37. The van der Waals surface area contributed by atoms with Gasteiger partial charge in [-0.05, 0) is 25.7 Å². The maximum atomic E-state index is 12.6. The van der Waals surface area contributed by atoms with E-state index in [9.17, 15) is 4.79 Å². The van der Waals surface area contributed by atoms with E-state index < -0.39 is 0 Å². The lowest BCUT2D eigenvalue weighted by atomic mass is 9.90. The standard InChI is InChI=1S/C16H27N3O/c20-16-18-10-9-17(13-7-4-8-13)11-15(18)12-19(16)14-5-2-1-3-6-14/h13-15H,1-12H2. The fraction of sp³-hybridized carbons (Fsp3) is 0.938. The van der Waals surface area contributed by atoms with E-state index in [1.807, 2.05) is 0 Å². The monoisotopic (exact) mass is 277 g/mol. The summed E-state index contributed by atoms with van der Waals surface area (Å²) >= 11 is 0. The molecule has 20 heavy (non-hydrogen) atoms. The Hall–Kier alpha value is -0.770. The molecule has 4 aliphatic rings. The Balaban J connectivity index is 1.41. The summed E-state index contributed by atoms with van der Waals surface area (Å²) in [5.74, 6) is 0. The minimum absolute atomic E-state index is 0.343. The van der Waals surface area contributed by atoms with Crippen molar-refractivity contribution in [3.8, 4) is 0 Å². The summed E-state index contributed by atoms with van der Waals surface area (Å²) in [7, 11) is 0. The number of piperazine rings is 1. The summed E-state index contributed by atoms with van der Waals surface area (Å²) in [6, 6.07) is 2.18. The van der Waals surface area contributed by atoms with Crippen molar-refractivity contribution in [2.24, 2.45) is 0 Å². The SMILES string of the molecule is O=C1N2CCN(C3CCC3)CC2CN1C1CCCCC1. The summed E-state index contributed by atoms with van der Waals surface area (Å²) < 4.78 is 0. The van der Waals surface area contributed by atoms with Crippen LogP contribution in [0.15, 0.2) is 0 Å². The number of hydrogen-bond donors (Lipinski definition) is 0. The molecule has 2 aliphatic carbocycles. The molecule has 1 atom stereocenters. The predicted octanol–water partition coefficient (Wildman–Crippen LogP) is 2.29. The molecule has 2 heterocycles. The molecule has 112 valence electrons. The van der Waals surface area contributed by atoms with Gasteiger partial charge in [0, 0.05) is 38.3 Å². The quantitative estimate of drug-likeness (QED) is 0.774. The van der Waals surface area contributed by atoms with Gasteiger partial charge in [0.15, 0.2) is 0 Å². The molecule has 0 N–H and O–H groups in total. The molecule has 0 aromatic carbocycles. The lowest BCUT2D eigenvalue weighted by Crippen LogP contribution is -2.56. The number of urea groups is 1. The van der Waals surface area contributed by atoms with Crippen molar-refractivity contribution in [3.63, 3.8) is 0 Å². The van der Waals surface area contributed by atoms with Crippen molar-refractivity contribution in [2.45, 2.75) is 69.5 Å². The Morgan fingerprint density at radius 3 is 2.15 bits per heavy atom. The molecule has 0 radical (unpaired) electrons. The highest BCUT2D eigenvalue weighted by Crippen LogP contribution is 2.32. The molecule has 4 heteroatoms. The van der Waals surface area contributed by atoms with E-state index in [0.29, 0.717) is 18.1 Å². The van der Waals surface area contributed by atoms with E-state index in [-0.39, 0.29) is 0 Å². The van der Waals surface area contributed by atoms with Gasteiger partial charge in [-0.1, -0.05) is 25.7 Å². The van der Waals surface area contributed by atoms with Crippen LogP contribution in [0.4, 0.5) is 4.79 Å². The Morgan fingerprint density at radius 1 is 0.700 bits per heavy atom. The zero-order chi connectivity index (χ0) is 13.5. The molecule has 0 aromatic rings. The largest absolute Gasteiger partial charge is 0.320 e. The van der Waals surface area contributed by atoms with Crippen molar-refractivity contribution in [3.05, 3.63) is 0 Å². The molecule has 4 fully saturated rings. The number of fused-ring (bicyclic) bond motifs is 1. The first-order chi connectivity index (χ1) is 9.83. The number of carbonyl (C=O) groups is 1. The molecule has 4 nitrogen and oxygen atoms in total. The van der Waals surface area contributed by atoms with Gasteiger partial charge in [-0.25, -0.2) is 4.79 Å². The van der Waals surface area contributed by atoms with Gasteiger partial charge in [-0.15, -0.1) is 0 Å². The number of carbonyl (C=O) groups excluding carboxylic acids is 1. The van der Waals surface area contributed by atoms with Gasteiger partial charge in [0.1, 0.15) is 0 Å². The molecule has 2 saturated carbocycles. The van der Waals surface area contributed by atoms with Crippen LogP contribution in [0.1, 0.15) is 51.4 Å². The van der Waals surface area contributed by atoms with Crippen LogP contribution in [0.2, 0.25) is 0 Å². The summed E-state index contributed by atoms with van der Waals surface area (Å²) in [5.41, 5.74) is 0. The van der Waals surface area contributed by atoms with Gasteiger partial charge in [-0.2, -0.15) is 0 Å². The van der Waals surface area contributed by atoms with E-state index in [0.717, 1.165) is 32.2 Å². The van der Waals surface area contributed by atoms with Crippen molar-refractivity contribution < 1.29 is 4.79 Å². The second-order valence-corrected chi connectivity index (χ2v) is 7.15. The van der Waals surface area contributed by atoms with Crippen molar-refractivity contribution in [1.29, 1.82) is 0 Å². The average Bonchev–Trinajstić information content (AvgIpc) is 2.75. The summed E-state index contributed by atoms with van der Waals surface area (Å²) in [6.45, 7) is 4.18. The van der Waals surface area contributed by atoms with Crippen molar-refractivity contribution >= 4 is 6.03 Å². The van der Waals surface area contributed by atoms with E-state index in [4.69, 9.17) is 0 Å². The maximum absolute atomic E-state index is 12.6. The fourth-order valence-corrected chi connectivity index (χ4v) is 4.54. The first-order valence-corrected chi connectivity index (χ1v) is 8.64. The van der Waals surface area contributed by atoms with Crippen LogP contribution in [0, 0.1) is 0 Å². The van der Waals surface area contributed by atoms with Gasteiger partial charge in [-0.3, -0.25) is 4.90 Å². The molecule has 4 rings (SSSR count). The van der Waals surface area contributed by atoms with Gasteiger partial charge in [0.2, 0.25) is 0 Å². The second kappa shape index (κ2) is 5.21. The zero-order valence-corrected chi connectivity index (χ0v) is 12.5. The molecule has 2 amide bonds. The molecule has 1 unspecified atom stereocenters. The lowest BCUT2D eigenvalue weighted by molar-refractivity contribution is 0.0558. The molecular weight excluding hydrogens is 250 g/mol. The molecule has 0 bridgehead atoms. The lowest BCUT2D eigenvalue weighted by Gasteiger charge is -2.44. The first kappa shape index (κ1) is 12.9. The number of hydrogen-bond acceptors (Lipinski definition) is 2. The maximum Gasteiger partial charge on any atom is 0.320 e. The van der Waals surface area contributed by atoms with Crippen LogP contribution >= 0.6 is 0 Å². The average molecular weight is 277 g/mol. The highest BCUT2D eigenvalue weighted by Gasteiger charge is 2.44. The van der Waals surface area contributed by atoms with Crippen LogP contribution in [0.3, 0.4) is 0 Å². The predicted molar refractivity (Wildman–Crippen MR) is 78.7 cm³/mol. The van der Waals surface area contributed by atoms with Crippen LogP contribution in [-0.2, 0) is 0 Å². The van der Waals surface area contributed by atoms with Gasteiger partial charge in [0.25, 0.3) is 0 Å². The van der Waals surface area contributed by atoms with Gasteiger partial charge in [0.05, 0.1) is 6.04 Å². The summed E-state index contributed by atoms with van der Waals surface area (Å²) in [5, 5.41) is 0. The molecule has 0 spiro atoms. The number of nitrogens with zero attached hydrogens (tertiary/aromatic N) is 3. The van der Waals surface area contributed by atoms with Crippen LogP contribution in [0.25, 0.3) is 0 Å². The normalized spacial score (nSPS) is 33.4. The molecular formula is C16H27N3O. The topological polar surface area (TPSA) is 26.8 Å². The fourth-order valence-electron chi connectivity index (χ4n) is 4.54. The van der Waals surface area contributed by atoms with Crippen molar-refractivity contribution in [1.82, 2.24) is 14.7 Å². The van der Waals surface area contributed by atoms with Gasteiger partial charge < -0.3 is 9.80 Å². The summed E-state index contributed by atoms with van der Waals surface area (Å²) in [6.07, 6.45) is 10.6. The van der Waals surface area contributed by atoms with E-state index in [1.54, 1.807) is 0 Å². The third kappa shape index (κ3) is 2.12. The third-order valence-corrected chi connectivity index (χ3v) is 6.02. The Morgan fingerprint density at radius 2 is 1.45 bits per heavy atom. The highest BCUT2D eigenvalue weighted by atomic mass is 16.2. The van der Waals surface area contributed by atoms with Crippen molar-refractivity contribution in [2.75, 3.05) is 26.2 Å².